The molecule has 1 saturated heterocycles. The Morgan fingerprint density at radius 3 is 2.21 bits per heavy atom. The van der Waals surface area contributed by atoms with Gasteiger partial charge in [-0.1, -0.05) is 54.6 Å². The van der Waals surface area contributed by atoms with E-state index in [1.54, 1.807) is 0 Å². The number of hydrogen-bond donors (Lipinski definition) is 2. The van der Waals surface area contributed by atoms with Crippen molar-refractivity contribution < 1.29 is 18.0 Å². The van der Waals surface area contributed by atoms with Gasteiger partial charge in [0.15, 0.2) is 5.78 Å². The molecule has 1 aliphatic rings. The molecule has 4 N–H and O–H groups in total. The molecular formula is C25H34N4O4S. The minimum atomic E-state index is -3.48. The predicted octanol–water partition coefficient (Wildman–Crippen LogP) is 1.08. The molecule has 0 spiro atoms. The molecule has 184 valence electrons. The summed E-state index contributed by atoms with van der Waals surface area (Å²) in [6.07, 6.45) is 2.92. The van der Waals surface area contributed by atoms with E-state index in [4.69, 9.17) is 11.5 Å². The number of Topliss-reactive ketones (excluding diaryl/α,β-unsaturated/α-hetero) is 1. The molecule has 2 aromatic rings. The third-order valence-corrected chi connectivity index (χ3v) is 7.56. The van der Waals surface area contributed by atoms with Crippen LogP contribution in [0.2, 0.25) is 0 Å². The van der Waals surface area contributed by atoms with Gasteiger partial charge in [0.05, 0.1) is 12.3 Å². The first-order chi connectivity index (χ1) is 16.2. The molecule has 34 heavy (non-hydrogen) atoms. The summed E-state index contributed by atoms with van der Waals surface area (Å²) in [5.41, 5.74) is 14.9. The van der Waals surface area contributed by atoms with Gasteiger partial charge in [0.2, 0.25) is 15.9 Å². The van der Waals surface area contributed by atoms with E-state index in [0.717, 1.165) is 22.9 Å². The lowest BCUT2D eigenvalue weighted by atomic mass is 9.98. The average Bonchev–Trinajstić information content (AvgIpc) is 2.85. The molecular weight excluding hydrogens is 452 g/mol. The number of rotatable bonds is 10. The van der Waals surface area contributed by atoms with Gasteiger partial charge in [-0.3, -0.25) is 9.59 Å². The van der Waals surface area contributed by atoms with Crippen LogP contribution in [0.15, 0.2) is 54.6 Å². The van der Waals surface area contributed by atoms with Gasteiger partial charge < -0.3 is 16.4 Å². The number of nitrogens with two attached hydrogens (primary N) is 2. The van der Waals surface area contributed by atoms with Crippen LogP contribution in [0, 0.1) is 0 Å². The molecule has 1 amide bonds. The monoisotopic (exact) mass is 486 g/mol. The molecule has 0 aliphatic carbocycles. The van der Waals surface area contributed by atoms with Crippen molar-refractivity contribution in [1.29, 1.82) is 0 Å². The van der Waals surface area contributed by atoms with Crippen molar-refractivity contribution in [3.63, 3.8) is 0 Å². The van der Waals surface area contributed by atoms with Crippen molar-refractivity contribution in [2.45, 2.75) is 44.3 Å². The van der Waals surface area contributed by atoms with Crippen molar-refractivity contribution in [2.75, 3.05) is 25.9 Å². The average molecular weight is 487 g/mol. The quantitative estimate of drug-likeness (QED) is 0.517. The van der Waals surface area contributed by atoms with Crippen LogP contribution in [-0.4, -0.2) is 67.3 Å². The van der Waals surface area contributed by atoms with E-state index in [1.807, 2.05) is 54.6 Å². The topological polar surface area (TPSA) is 127 Å². The Labute approximate surface area is 202 Å². The van der Waals surface area contributed by atoms with Crippen molar-refractivity contribution in [3.05, 3.63) is 71.3 Å². The number of amides is 1. The Hall–Kier alpha value is -2.59. The van der Waals surface area contributed by atoms with Crippen LogP contribution in [0.3, 0.4) is 0 Å². The molecule has 3 rings (SSSR count). The molecule has 1 fully saturated rings. The fourth-order valence-corrected chi connectivity index (χ4v) is 5.00. The number of carbonyl (C=O) groups is 2. The highest BCUT2D eigenvalue weighted by Gasteiger charge is 2.39. The van der Waals surface area contributed by atoms with Crippen LogP contribution in [0.5, 0.6) is 0 Å². The lowest BCUT2D eigenvalue weighted by Crippen LogP contribution is -2.61. The number of piperazine rings is 1. The van der Waals surface area contributed by atoms with Gasteiger partial charge in [0.1, 0.15) is 6.04 Å². The van der Waals surface area contributed by atoms with Gasteiger partial charge in [0.25, 0.3) is 0 Å². The van der Waals surface area contributed by atoms with Crippen molar-refractivity contribution in [1.82, 2.24) is 9.21 Å². The summed E-state index contributed by atoms with van der Waals surface area (Å²) in [6, 6.07) is 15.9. The standard InChI is InChI=1S/C25H34N4O4S/c1-34(32,33)28-15-16-29(25(31)22(27)13-11-19-5-3-2-4-6-19)23(18-28)24(30)14-12-20-7-9-21(17-26)10-8-20/h2-10,22-23H,11-18,26-27H2,1H3/t22-,23+/m1/s1. The van der Waals surface area contributed by atoms with Crippen LogP contribution >= 0.6 is 0 Å². The molecule has 0 aromatic heterocycles. The Kier molecular flexibility index (Phi) is 8.96. The minimum absolute atomic E-state index is 0.0408. The molecule has 0 unspecified atom stereocenters. The normalized spacial score (nSPS) is 18.0. The van der Waals surface area contributed by atoms with Crippen molar-refractivity contribution in [2.24, 2.45) is 11.5 Å². The van der Waals surface area contributed by atoms with E-state index in [-0.39, 0.29) is 37.7 Å². The lowest BCUT2D eigenvalue weighted by Gasteiger charge is -2.40. The first-order valence-corrected chi connectivity index (χ1v) is 13.4. The molecule has 1 aliphatic heterocycles. The maximum atomic E-state index is 13.2. The summed E-state index contributed by atoms with van der Waals surface area (Å²) in [5, 5.41) is 0. The molecule has 0 saturated carbocycles. The van der Waals surface area contributed by atoms with Crippen molar-refractivity contribution in [3.8, 4) is 0 Å². The molecule has 1 heterocycles. The summed E-state index contributed by atoms with van der Waals surface area (Å²) in [5.74, 6) is -0.477. The summed E-state index contributed by atoms with van der Waals surface area (Å²) in [7, 11) is -3.48. The van der Waals surface area contributed by atoms with Crippen LogP contribution in [-0.2, 0) is 39.0 Å². The van der Waals surface area contributed by atoms with Gasteiger partial charge in [-0.25, -0.2) is 8.42 Å². The molecule has 0 radical (unpaired) electrons. The Bertz CT molecular complexity index is 1070. The number of aryl methyl sites for hydroxylation is 2. The molecule has 9 heteroatoms. The van der Waals surface area contributed by atoms with Gasteiger partial charge in [0, 0.05) is 32.6 Å². The van der Waals surface area contributed by atoms with E-state index in [2.05, 4.69) is 0 Å². The van der Waals surface area contributed by atoms with E-state index < -0.39 is 22.1 Å². The predicted molar refractivity (Wildman–Crippen MR) is 132 cm³/mol. The third-order valence-electron chi connectivity index (χ3n) is 6.29. The zero-order chi connectivity index (χ0) is 24.7. The highest BCUT2D eigenvalue weighted by molar-refractivity contribution is 7.88. The van der Waals surface area contributed by atoms with E-state index in [9.17, 15) is 18.0 Å². The fraction of sp³-hybridized carbons (Fsp3) is 0.440. The first kappa shape index (κ1) is 26.0. The number of nitrogens with zero attached hydrogens (tertiary/aromatic N) is 2. The maximum absolute atomic E-state index is 13.2. The SMILES string of the molecule is CS(=O)(=O)N1CCN(C(=O)[C@H](N)CCc2ccccc2)[C@H](C(=O)CCc2ccc(CN)cc2)C1. The maximum Gasteiger partial charge on any atom is 0.240 e. The number of benzene rings is 2. The van der Waals surface area contributed by atoms with Gasteiger partial charge >= 0.3 is 0 Å². The Balaban J connectivity index is 1.68. The zero-order valence-corrected chi connectivity index (χ0v) is 20.4. The summed E-state index contributed by atoms with van der Waals surface area (Å²) in [6.45, 7) is 0.706. The second-order valence-corrected chi connectivity index (χ2v) is 10.8. The van der Waals surface area contributed by atoms with E-state index in [0.29, 0.717) is 25.8 Å². The molecule has 8 nitrogen and oxygen atoms in total. The second-order valence-electron chi connectivity index (χ2n) is 8.79. The Morgan fingerprint density at radius 2 is 1.59 bits per heavy atom. The van der Waals surface area contributed by atoms with E-state index in [1.165, 1.54) is 9.21 Å². The molecule has 2 aromatic carbocycles. The first-order valence-electron chi connectivity index (χ1n) is 11.5. The Morgan fingerprint density at radius 1 is 0.971 bits per heavy atom. The molecule has 2 atom stereocenters. The highest BCUT2D eigenvalue weighted by atomic mass is 32.2. The van der Waals surface area contributed by atoms with Crippen LogP contribution < -0.4 is 11.5 Å². The number of carbonyl (C=O) groups excluding carboxylic acids is 2. The lowest BCUT2D eigenvalue weighted by molar-refractivity contribution is -0.143. The second kappa shape index (κ2) is 11.7. The van der Waals surface area contributed by atoms with Crippen LogP contribution in [0.1, 0.15) is 29.5 Å². The van der Waals surface area contributed by atoms with Crippen LogP contribution in [0.25, 0.3) is 0 Å². The highest BCUT2D eigenvalue weighted by Crippen LogP contribution is 2.18. The minimum Gasteiger partial charge on any atom is -0.329 e. The zero-order valence-electron chi connectivity index (χ0n) is 19.6. The smallest absolute Gasteiger partial charge is 0.240 e. The summed E-state index contributed by atoms with van der Waals surface area (Å²) in [4.78, 5) is 27.9. The summed E-state index contributed by atoms with van der Waals surface area (Å²) >= 11 is 0. The third kappa shape index (κ3) is 6.96. The summed E-state index contributed by atoms with van der Waals surface area (Å²) < 4.78 is 25.5. The van der Waals surface area contributed by atoms with Gasteiger partial charge in [-0.15, -0.1) is 0 Å². The molecule has 0 bridgehead atoms. The number of hydrogen-bond acceptors (Lipinski definition) is 6. The van der Waals surface area contributed by atoms with Crippen LogP contribution in [0.4, 0.5) is 0 Å². The van der Waals surface area contributed by atoms with Gasteiger partial charge in [-0.2, -0.15) is 4.31 Å². The number of sulfonamides is 1. The fourth-order valence-electron chi connectivity index (χ4n) is 4.18. The van der Waals surface area contributed by atoms with E-state index >= 15 is 0 Å². The van der Waals surface area contributed by atoms with Gasteiger partial charge in [-0.05, 0) is 36.0 Å². The largest absolute Gasteiger partial charge is 0.329 e. The number of ketones is 1. The van der Waals surface area contributed by atoms with Crippen molar-refractivity contribution >= 4 is 21.7 Å².